The lowest BCUT2D eigenvalue weighted by atomic mass is 9.84. The summed E-state index contributed by atoms with van der Waals surface area (Å²) in [6, 6.07) is 16.2. The van der Waals surface area contributed by atoms with E-state index in [1.165, 1.54) is 21.6 Å². The number of fused-ring (bicyclic) bond motifs is 2. The molecule has 2 aromatic carbocycles. The number of thioether (sulfide) groups is 1. The molecule has 1 N–H and O–H groups in total. The highest BCUT2D eigenvalue weighted by atomic mass is 35.5. The van der Waals surface area contributed by atoms with Gasteiger partial charge in [-0.3, -0.25) is 28.7 Å². The van der Waals surface area contributed by atoms with Crippen LogP contribution in [0.5, 0.6) is 0 Å². The van der Waals surface area contributed by atoms with Crippen LogP contribution in [-0.4, -0.2) is 45.1 Å². The maximum Gasteiger partial charge on any atom is 0.338 e. The average Bonchev–Trinajstić information content (AvgIpc) is 3.44. The summed E-state index contributed by atoms with van der Waals surface area (Å²) in [7, 11) is 0. The Morgan fingerprint density at radius 3 is 2.44 bits per heavy atom. The number of pyridine rings is 1. The summed E-state index contributed by atoms with van der Waals surface area (Å²) in [4.78, 5) is 71.5. The van der Waals surface area contributed by atoms with E-state index in [0.29, 0.717) is 37.4 Å². The molecule has 2 aromatic heterocycles. The quantitative estimate of drug-likeness (QED) is 0.231. The molecular weight excluding hydrogens is 612 g/mol. The van der Waals surface area contributed by atoms with E-state index in [9.17, 15) is 24.0 Å². The second-order valence-electron chi connectivity index (χ2n) is 9.79. The number of esters is 1. The number of nitrogens with one attached hydrogen (secondary N) is 1. The number of hydrogen-bond donors (Lipinski definition) is 1. The van der Waals surface area contributed by atoms with Gasteiger partial charge in [-0.2, -0.15) is 0 Å². The second-order valence-corrected chi connectivity index (χ2v) is 12.3. The van der Waals surface area contributed by atoms with Crippen molar-refractivity contribution in [2.45, 2.75) is 29.7 Å². The van der Waals surface area contributed by atoms with Crippen LogP contribution in [0.25, 0.3) is 0 Å². The molecule has 4 aromatic rings. The summed E-state index contributed by atoms with van der Waals surface area (Å²) in [5.74, 6) is -3.10. The van der Waals surface area contributed by atoms with Gasteiger partial charge in [0.15, 0.2) is 0 Å². The number of amides is 3. The highest BCUT2D eigenvalue weighted by Crippen LogP contribution is 2.53. The molecule has 3 atom stereocenters. The maximum absolute atomic E-state index is 13.9. The van der Waals surface area contributed by atoms with E-state index in [1.807, 2.05) is 6.07 Å². The minimum Gasteiger partial charge on any atom is -0.462 e. The van der Waals surface area contributed by atoms with E-state index < -0.39 is 34.9 Å². The van der Waals surface area contributed by atoms with Crippen molar-refractivity contribution in [3.05, 3.63) is 104 Å². The number of benzene rings is 2. The van der Waals surface area contributed by atoms with Crippen molar-refractivity contribution in [3.63, 3.8) is 0 Å². The molecule has 0 bridgehead atoms. The summed E-state index contributed by atoms with van der Waals surface area (Å²) >= 11 is 8.12. The van der Waals surface area contributed by atoms with Gasteiger partial charge < -0.3 is 10.1 Å². The Hall–Kier alpha value is -4.26. The molecule has 218 valence electrons. The molecule has 3 amide bonds. The van der Waals surface area contributed by atoms with Crippen molar-refractivity contribution in [2.75, 3.05) is 16.8 Å². The molecule has 4 heterocycles. The van der Waals surface area contributed by atoms with Gasteiger partial charge >= 0.3 is 10.8 Å². The van der Waals surface area contributed by atoms with Gasteiger partial charge in [0.25, 0.3) is 0 Å². The van der Waals surface area contributed by atoms with E-state index in [1.54, 1.807) is 61.8 Å². The van der Waals surface area contributed by atoms with Crippen LogP contribution < -0.4 is 15.1 Å². The van der Waals surface area contributed by atoms with Crippen molar-refractivity contribution in [2.24, 2.45) is 5.92 Å². The standard InChI is InChI=1S/C30H23ClN4O6S2/c1-2-41-29(39)16-5-9-19(10-6-16)33-21(36)15-34-28-25(43-30(34)40)22(17-4-3-13-32-14-17)23-24(42-28)27(38)35(26(23)37)20-11-7-18(31)8-12-20/h3-14,22-24H,2,15H2,1H3,(H,33,36)/t22-,23?,24?/m0/s1. The van der Waals surface area contributed by atoms with Crippen molar-refractivity contribution >= 4 is 69.8 Å². The number of carbonyl (C=O) groups is 4. The Balaban J connectivity index is 1.32. The van der Waals surface area contributed by atoms with E-state index in [2.05, 4.69) is 10.3 Å². The van der Waals surface area contributed by atoms with Crippen LogP contribution in [0, 0.1) is 5.92 Å². The molecule has 0 radical (unpaired) electrons. The molecule has 1 saturated heterocycles. The Morgan fingerprint density at radius 1 is 1.02 bits per heavy atom. The number of hydrogen-bond acceptors (Lipinski definition) is 9. The zero-order valence-corrected chi connectivity index (χ0v) is 24.9. The number of nitrogens with zero attached hydrogens (tertiary/aromatic N) is 3. The van der Waals surface area contributed by atoms with Crippen LogP contribution in [0.15, 0.2) is 82.9 Å². The number of carbonyl (C=O) groups excluding carboxylic acids is 4. The number of ether oxygens (including phenoxy) is 1. The third-order valence-corrected chi connectivity index (χ3v) is 10.0. The van der Waals surface area contributed by atoms with Gasteiger partial charge in [-0.1, -0.05) is 40.8 Å². The minimum absolute atomic E-state index is 0.247. The first-order valence-electron chi connectivity index (χ1n) is 13.3. The lowest BCUT2D eigenvalue weighted by molar-refractivity contribution is -0.122. The van der Waals surface area contributed by atoms with Gasteiger partial charge in [0.05, 0.1) is 28.8 Å². The van der Waals surface area contributed by atoms with Crippen LogP contribution in [0.4, 0.5) is 11.4 Å². The summed E-state index contributed by atoms with van der Waals surface area (Å²) < 4.78 is 6.33. The number of anilines is 2. The molecule has 0 spiro atoms. The molecule has 6 rings (SSSR count). The number of rotatable bonds is 7. The molecule has 13 heteroatoms. The second kappa shape index (κ2) is 11.8. The van der Waals surface area contributed by atoms with Crippen LogP contribution >= 0.6 is 34.7 Å². The highest BCUT2D eigenvalue weighted by molar-refractivity contribution is 8.00. The summed E-state index contributed by atoms with van der Waals surface area (Å²) in [6.07, 6.45) is 3.24. The fraction of sp³-hybridized carbons (Fsp3) is 0.200. The molecule has 10 nitrogen and oxygen atoms in total. The number of aromatic nitrogens is 2. The zero-order valence-electron chi connectivity index (χ0n) is 22.6. The molecular formula is C30H23ClN4O6S2. The van der Waals surface area contributed by atoms with E-state index >= 15 is 0 Å². The molecule has 0 saturated carbocycles. The first-order valence-corrected chi connectivity index (χ1v) is 15.3. The van der Waals surface area contributed by atoms with Crippen molar-refractivity contribution in [1.29, 1.82) is 0 Å². The minimum atomic E-state index is -0.820. The molecule has 2 aliphatic heterocycles. The molecule has 2 unspecified atom stereocenters. The predicted octanol–water partition coefficient (Wildman–Crippen LogP) is 4.57. The fourth-order valence-electron chi connectivity index (χ4n) is 5.27. The Morgan fingerprint density at radius 2 is 1.77 bits per heavy atom. The normalized spacial score (nSPS) is 19.1. The fourth-order valence-corrected chi connectivity index (χ4v) is 8.17. The van der Waals surface area contributed by atoms with Crippen LogP contribution in [0.3, 0.4) is 0 Å². The van der Waals surface area contributed by atoms with Crippen molar-refractivity contribution in [3.8, 4) is 0 Å². The smallest absolute Gasteiger partial charge is 0.338 e. The van der Waals surface area contributed by atoms with Crippen LogP contribution in [0.2, 0.25) is 5.02 Å². The number of imide groups is 1. The molecule has 2 aliphatic rings. The monoisotopic (exact) mass is 634 g/mol. The van der Waals surface area contributed by atoms with Gasteiger partial charge in [0.2, 0.25) is 17.7 Å². The van der Waals surface area contributed by atoms with Crippen molar-refractivity contribution in [1.82, 2.24) is 9.55 Å². The highest BCUT2D eigenvalue weighted by Gasteiger charge is 2.56. The Kier molecular flexibility index (Phi) is 7.91. The third-order valence-electron chi connectivity index (χ3n) is 7.16. The van der Waals surface area contributed by atoms with Gasteiger partial charge in [-0.15, -0.1) is 0 Å². The van der Waals surface area contributed by atoms with E-state index in [4.69, 9.17) is 16.3 Å². The molecule has 43 heavy (non-hydrogen) atoms. The Labute approximate surface area is 258 Å². The lowest BCUT2D eigenvalue weighted by Gasteiger charge is -2.30. The SMILES string of the molecule is CCOC(=O)c1ccc(NC(=O)Cn2c3c(sc2=O)[C@@H](c2cccnc2)C2C(=O)N(c4ccc(Cl)cc4)C(=O)C2S3)cc1. The maximum atomic E-state index is 13.9. The van der Waals surface area contributed by atoms with Gasteiger partial charge in [0, 0.05) is 33.9 Å². The first kappa shape index (κ1) is 28.8. The van der Waals surface area contributed by atoms with Gasteiger partial charge in [0.1, 0.15) is 11.8 Å². The number of thiazole rings is 1. The largest absolute Gasteiger partial charge is 0.462 e. The molecule has 0 aliphatic carbocycles. The van der Waals surface area contributed by atoms with Crippen molar-refractivity contribution < 1.29 is 23.9 Å². The average molecular weight is 635 g/mol. The van der Waals surface area contributed by atoms with Gasteiger partial charge in [-0.05, 0) is 67.1 Å². The zero-order chi connectivity index (χ0) is 30.2. The third kappa shape index (κ3) is 5.37. The van der Waals surface area contributed by atoms with Crippen LogP contribution in [0.1, 0.15) is 33.6 Å². The Bertz CT molecular complexity index is 1790. The summed E-state index contributed by atoms with van der Waals surface area (Å²) in [6.45, 7) is 1.65. The predicted molar refractivity (Wildman–Crippen MR) is 163 cm³/mol. The lowest BCUT2D eigenvalue weighted by Crippen LogP contribution is -2.33. The topological polar surface area (TPSA) is 128 Å². The first-order chi connectivity index (χ1) is 20.8. The molecule has 1 fully saturated rings. The van der Waals surface area contributed by atoms with E-state index in [0.717, 1.165) is 23.1 Å². The summed E-state index contributed by atoms with van der Waals surface area (Å²) in [5, 5.41) is 2.87. The summed E-state index contributed by atoms with van der Waals surface area (Å²) in [5.41, 5.74) is 1.89. The number of halogens is 1. The van der Waals surface area contributed by atoms with Gasteiger partial charge in [-0.25, -0.2) is 9.69 Å². The van der Waals surface area contributed by atoms with Crippen LogP contribution in [-0.2, 0) is 25.7 Å². The van der Waals surface area contributed by atoms with E-state index in [-0.39, 0.29) is 23.9 Å².